The molecule has 0 atom stereocenters. The maximum absolute atomic E-state index is 13.4. The van der Waals surface area contributed by atoms with Gasteiger partial charge in [0.2, 0.25) is 0 Å². The lowest BCUT2D eigenvalue weighted by molar-refractivity contribution is -0.140. The molecule has 0 amide bonds. The van der Waals surface area contributed by atoms with E-state index in [1.54, 1.807) is 25.3 Å². The third kappa shape index (κ3) is 6.60. The van der Waals surface area contributed by atoms with E-state index in [4.69, 9.17) is 9.47 Å². The second-order valence-corrected chi connectivity index (χ2v) is 9.41. The van der Waals surface area contributed by atoms with Crippen molar-refractivity contribution in [3.8, 4) is 17.6 Å². The van der Waals surface area contributed by atoms with Crippen LogP contribution in [0.5, 0.6) is 5.75 Å². The molecule has 0 radical (unpaired) electrons. The zero-order chi connectivity index (χ0) is 25.5. The fraction of sp³-hybridized carbons (Fsp3) is 0.385. The lowest BCUT2D eigenvalue weighted by Crippen LogP contribution is -2.27. The number of nitrogens with one attached hydrogen (secondary N) is 3. The standard InChI is InChI=1S/C26H29F3N4O2S/c1-30-36-20-8-9-23(25(16-20)34-2)31-12-4-5-19-15-21-22(32-18-10-13-35-14-11-18)6-3-7-24(21)33(19)17-26(27,28)29/h3,6-9,15-16,18,30-32H,10-14,17H2,1-2H3. The lowest BCUT2D eigenvalue weighted by atomic mass is 10.1. The number of alkyl halides is 3. The highest BCUT2D eigenvalue weighted by Gasteiger charge is 2.30. The topological polar surface area (TPSA) is 59.5 Å². The van der Waals surface area contributed by atoms with E-state index in [1.807, 2.05) is 31.3 Å². The molecule has 0 bridgehead atoms. The Labute approximate surface area is 213 Å². The number of ether oxygens (including phenoxy) is 2. The summed E-state index contributed by atoms with van der Waals surface area (Å²) in [5, 5.41) is 7.40. The predicted molar refractivity (Wildman–Crippen MR) is 139 cm³/mol. The maximum atomic E-state index is 13.4. The van der Waals surface area contributed by atoms with E-state index in [1.165, 1.54) is 16.5 Å². The van der Waals surface area contributed by atoms with Crippen molar-refractivity contribution in [3.63, 3.8) is 0 Å². The first-order valence-electron chi connectivity index (χ1n) is 11.7. The molecule has 4 rings (SSSR count). The van der Waals surface area contributed by atoms with Gasteiger partial charge < -0.3 is 24.7 Å². The number of rotatable bonds is 8. The van der Waals surface area contributed by atoms with Crippen LogP contribution in [0.25, 0.3) is 10.9 Å². The SMILES string of the molecule is CNSc1ccc(NCC#Cc2cc3c(NC4CCOCC4)cccc3n2CC(F)(F)F)c(OC)c1. The summed E-state index contributed by atoms with van der Waals surface area (Å²) in [5.41, 5.74) is 2.39. The number of nitrogens with zero attached hydrogens (tertiary/aromatic N) is 1. The van der Waals surface area contributed by atoms with Gasteiger partial charge in [0.25, 0.3) is 0 Å². The summed E-state index contributed by atoms with van der Waals surface area (Å²) >= 11 is 1.47. The average Bonchev–Trinajstić information content (AvgIpc) is 3.20. The summed E-state index contributed by atoms with van der Waals surface area (Å²) in [4.78, 5) is 0.993. The number of halogens is 3. The molecule has 2 heterocycles. The first-order chi connectivity index (χ1) is 17.4. The van der Waals surface area contributed by atoms with E-state index in [0.717, 1.165) is 34.5 Å². The molecule has 2 aromatic carbocycles. The second-order valence-electron chi connectivity index (χ2n) is 8.32. The Morgan fingerprint density at radius 1 is 1.14 bits per heavy atom. The van der Waals surface area contributed by atoms with Crippen LogP contribution in [0.2, 0.25) is 0 Å². The quantitative estimate of drug-likeness (QED) is 0.271. The van der Waals surface area contributed by atoms with Crippen LogP contribution < -0.4 is 20.1 Å². The van der Waals surface area contributed by atoms with Gasteiger partial charge in [-0.1, -0.05) is 12.0 Å². The Morgan fingerprint density at radius 3 is 2.67 bits per heavy atom. The summed E-state index contributed by atoms with van der Waals surface area (Å²) in [6.07, 6.45) is -2.66. The molecule has 1 fully saturated rings. The van der Waals surface area contributed by atoms with E-state index in [9.17, 15) is 13.2 Å². The lowest BCUT2D eigenvalue weighted by Gasteiger charge is -2.24. The second kappa shape index (κ2) is 11.8. The van der Waals surface area contributed by atoms with Crippen molar-refractivity contribution < 1.29 is 22.6 Å². The Kier molecular flexibility index (Phi) is 8.56. The van der Waals surface area contributed by atoms with E-state index in [2.05, 4.69) is 27.2 Å². The van der Waals surface area contributed by atoms with Crippen LogP contribution in [0, 0.1) is 11.8 Å². The third-order valence-electron chi connectivity index (χ3n) is 5.84. The highest BCUT2D eigenvalue weighted by molar-refractivity contribution is 7.97. The monoisotopic (exact) mass is 518 g/mol. The molecule has 0 unspecified atom stereocenters. The van der Waals surface area contributed by atoms with E-state index < -0.39 is 12.7 Å². The van der Waals surface area contributed by atoms with E-state index >= 15 is 0 Å². The van der Waals surface area contributed by atoms with Crippen molar-refractivity contribution in [2.24, 2.45) is 0 Å². The van der Waals surface area contributed by atoms with Gasteiger partial charge in [-0.25, -0.2) is 0 Å². The van der Waals surface area contributed by atoms with Gasteiger partial charge in [-0.2, -0.15) is 13.2 Å². The van der Waals surface area contributed by atoms with Gasteiger partial charge in [-0.15, -0.1) is 0 Å². The third-order valence-corrected chi connectivity index (χ3v) is 6.53. The minimum Gasteiger partial charge on any atom is -0.495 e. The number of aromatic nitrogens is 1. The molecule has 6 nitrogen and oxygen atoms in total. The minimum atomic E-state index is -4.37. The van der Waals surface area contributed by atoms with Crippen LogP contribution in [0.4, 0.5) is 24.5 Å². The molecule has 1 aliphatic rings. The molecule has 0 aliphatic carbocycles. The number of benzene rings is 2. The summed E-state index contributed by atoms with van der Waals surface area (Å²) < 4.78 is 55.5. The normalized spacial score (nSPS) is 14.4. The summed E-state index contributed by atoms with van der Waals surface area (Å²) in [6.45, 7) is 0.491. The van der Waals surface area contributed by atoms with Gasteiger partial charge in [0.1, 0.15) is 12.3 Å². The van der Waals surface area contributed by atoms with Crippen LogP contribution in [0.15, 0.2) is 47.4 Å². The molecule has 192 valence electrons. The Balaban J connectivity index is 1.58. The predicted octanol–water partition coefficient (Wildman–Crippen LogP) is 5.49. The molecule has 1 aliphatic heterocycles. The largest absolute Gasteiger partial charge is 0.495 e. The Morgan fingerprint density at radius 2 is 1.94 bits per heavy atom. The van der Waals surface area contributed by atoms with Crippen molar-refractivity contribution in [2.75, 3.05) is 44.5 Å². The van der Waals surface area contributed by atoms with Crippen LogP contribution in [0.3, 0.4) is 0 Å². The van der Waals surface area contributed by atoms with Crippen LogP contribution in [-0.4, -0.2) is 50.7 Å². The average molecular weight is 519 g/mol. The number of hydrogen-bond acceptors (Lipinski definition) is 6. The number of hydrogen-bond donors (Lipinski definition) is 3. The highest BCUT2D eigenvalue weighted by atomic mass is 32.2. The molecule has 3 N–H and O–H groups in total. The van der Waals surface area contributed by atoms with Gasteiger partial charge in [0.05, 0.1) is 30.6 Å². The highest BCUT2D eigenvalue weighted by Crippen LogP contribution is 2.32. The molecule has 3 aromatic rings. The molecule has 1 saturated heterocycles. The number of methoxy groups -OCH3 is 1. The molecule has 1 aromatic heterocycles. The summed E-state index contributed by atoms with van der Waals surface area (Å²) in [6, 6.07) is 13.1. The fourth-order valence-corrected chi connectivity index (χ4v) is 4.74. The van der Waals surface area contributed by atoms with Crippen molar-refractivity contribution >= 4 is 34.2 Å². The molecular formula is C26H29F3N4O2S. The number of fused-ring (bicyclic) bond motifs is 1. The Hall–Kier alpha value is -3.00. The van der Waals surface area contributed by atoms with Crippen LogP contribution >= 0.6 is 11.9 Å². The molecular weight excluding hydrogens is 489 g/mol. The molecule has 0 spiro atoms. The first kappa shape index (κ1) is 26.1. The van der Waals surface area contributed by atoms with Gasteiger partial charge in [-0.3, -0.25) is 4.72 Å². The van der Waals surface area contributed by atoms with Crippen molar-refractivity contribution in [2.45, 2.75) is 36.5 Å². The van der Waals surface area contributed by atoms with Crippen molar-refractivity contribution in [3.05, 3.63) is 48.2 Å². The van der Waals surface area contributed by atoms with Crippen LogP contribution in [-0.2, 0) is 11.3 Å². The van der Waals surface area contributed by atoms with Gasteiger partial charge in [0.15, 0.2) is 0 Å². The zero-order valence-electron chi connectivity index (χ0n) is 20.2. The van der Waals surface area contributed by atoms with Gasteiger partial charge in [-0.05, 0) is 74.2 Å². The fourth-order valence-electron chi connectivity index (χ4n) is 4.20. The molecule has 36 heavy (non-hydrogen) atoms. The van der Waals surface area contributed by atoms with Crippen molar-refractivity contribution in [1.82, 2.24) is 9.29 Å². The molecule has 10 heteroatoms. The maximum Gasteiger partial charge on any atom is 0.406 e. The smallest absolute Gasteiger partial charge is 0.406 e. The summed E-state index contributed by atoms with van der Waals surface area (Å²) in [7, 11) is 3.42. The Bertz CT molecular complexity index is 1240. The van der Waals surface area contributed by atoms with E-state index in [-0.39, 0.29) is 12.6 Å². The van der Waals surface area contributed by atoms with Gasteiger partial charge >= 0.3 is 6.18 Å². The van der Waals surface area contributed by atoms with E-state index in [0.29, 0.717) is 30.2 Å². The molecule has 0 saturated carbocycles. The minimum absolute atomic E-state index is 0.224. The van der Waals surface area contributed by atoms with Gasteiger partial charge in [0, 0.05) is 35.2 Å². The van der Waals surface area contributed by atoms with Crippen LogP contribution in [0.1, 0.15) is 18.5 Å². The first-order valence-corrected chi connectivity index (χ1v) is 12.5. The zero-order valence-corrected chi connectivity index (χ0v) is 21.0. The summed E-state index contributed by atoms with van der Waals surface area (Å²) in [5.74, 6) is 6.57. The van der Waals surface area contributed by atoms with Crippen molar-refractivity contribution in [1.29, 1.82) is 0 Å². The number of anilines is 2.